The van der Waals surface area contributed by atoms with E-state index in [-0.39, 0.29) is 34.6 Å². The number of hydrogen-bond acceptors (Lipinski definition) is 4. The first-order valence-corrected chi connectivity index (χ1v) is 8.86. The van der Waals surface area contributed by atoms with Crippen LogP contribution in [0.5, 0.6) is 0 Å². The molecule has 2 N–H and O–H groups in total. The molecule has 0 fully saturated rings. The second-order valence-electron chi connectivity index (χ2n) is 6.47. The summed E-state index contributed by atoms with van der Waals surface area (Å²) in [6.07, 6.45) is 0. The summed E-state index contributed by atoms with van der Waals surface area (Å²) in [5.41, 5.74) is 0.910. The van der Waals surface area contributed by atoms with E-state index in [0.29, 0.717) is 18.6 Å². The van der Waals surface area contributed by atoms with Crippen LogP contribution in [0.1, 0.15) is 40.2 Å². The molecule has 0 aliphatic rings. The highest BCUT2D eigenvalue weighted by Crippen LogP contribution is 2.13. The van der Waals surface area contributed by atoms with Gasteiger partial charge in [-0.2, -0.15) is 0 Å². The SMILES string of the molecule is CCNC(=NCc1cccc([N+](=O)[O-])c1)NCCN(C(C)C)C(C)C.I. The van der Waals surface area contributed by atoms with Crippen LogP contribution in [0.4, 0.5) is 5.69 Å². The molecule has 26 heavy (non-hydrogen) atoms. The summed E-state index contributed by atoms with van der Waals surface area (Å²) >= 11 is 0. The van der Waals surface area contributed by atoms with E-state index in [4.69, 9.17) is 0 Å². The molecule has 0 saturated heterocycles. The van der Waals surface area contributed by atoms with Gasteiger partial charge in [0.05, 0.1) is 11.5 Å². The topological polar surface area (TPSA) is 82.8 Å². The zero-order valence-electron chi connectivity index (χ0n) is 16.4. The third-order valence-electron chi connectivity index (χ3n) is 3.87. The van der Waals surface area contributed by atoms with Crippen molar-refractivity contribution in [2.45, 2.75) is 53.2 Å². The Morgan fingerprint density at radius 2 is 1.88 bits per heavy atom. The molecule has 0 radical (unpaired) electrons. The lowest BCUT2D eigenvalue weighted by Gasteiger charge is -2.30. The second-order valence-corrected chi connectivity index (χ2v) is 6.47. The Bertz CT molecular complexity index is 570. The van der Waals surface area contributed by atoms with Gasteiger partial charge in [0.25, 0.3) is 5.69 Å². The number of nitrogens with zero attached hydrogens (tertiary/aromatic N) is 3. The van der Waals surface area contributed by atoms with Gasteiger partial charge in [0, 0.05) is 43.9 Å². The molecule has 0 aliphatic heterocycles. The number of non-ortho nitro benzene ring substituents is 1. The summed E-state index contributed by atoms with van der Waals surface area (Å²) in [6, 6.07) is 7.57. The first-order valence-electron chi connectivity index (χ1n) is 8.86. The van der Waals surface area contributed by atoms with Gasteiger partial charge in [-0.15, -0.1) is 24.0 Å². The first kappa shape index (κ1) is 24.6. The van der Waals surface area contributed by atoms with Crippen molar-refractivity contribution >= 4 is 35.6 Å². The minimum absolute atomic E-state index is 0. The van der Waals surface area contributed by atoms with Crippen LogP contribution in [0.2, 0.25) is 0 Å². The van der Waals surface area contributed by atoms with Gasteiger partial charge in [0.1, 0.15) is 0 Å². The Hall–Kier alpha value is -1.42. The standard InChI is InChI=1S/C18H31N5O2.HI/c1-6-19-18(20-10-11-22(14(2)3)15(4)5)21-13-16-8-7-9-17(12-16)23(24)25;/h7-9,12,14-15H,6,10-11,13H2,1-5H3,(H2,19,20,21);1H. The zero-order chi connectivity index (χ0) is 18.8. The Morgan fingerprint density at radius 3 is 2.42 bits per heavy atom. The van der Waals surface area contributed by atoms with Crippen LogP contribution in [0.3, 0.4) is 0 Å². The number of nitrogens with one attached hydrogen (secondary N) is 2. The van der Waals surface area contributed by atoms with Crippen LogP contribution < -0.4 is 10.6 Å². The number of benzene rings is 1. The number of guanidine groups is 1. The van der Waals surface area contributed by atoms with E-state index in [2.05, 4.69) is 48.2 Å². The molecule has 1 rings (SSSR count). The average Bonchev–Trinajstić information content (AvgIpc) is 2.55. The zero-order valence-corrected chi connectivity index (χ0v) is 18.7. The highest BCUT2D eigenvalue weighted by molar-refractivity contribution is 14.0. The summed E-state index contributed by atoms with van der Waals surface area (Å²) in [6.45, 7) is 13.7. The molecule has 0 heterocycles. The predicted molar refractivity (Wildman–Crippen MR) is 118 cm³/mol. The highest BCUT2D eigenvalue weighted by atomic mass is 127. The third kappa shape index (κ3) is 8.79. The van der Waals surface area contributed by atoms with E-state index in [9.17, 15) is 10.1 Å². The molecule has 8 heteroatoms. The van der Waals surface area contributed by atoms with Crippen molar-refractivity contribution in [3.8, 4) is 0 Å². The number of rotatable bonds is 9. The quantitative estimate of drug-likeness (QED) is 0.187. The predicted octanol–water partition coefficient (Wildman–Crippen LogP) is 3.39. The molecule has 0 spiro atoms. The first-order chi connectivity index (χ1) is 11.8. The molecule has 0 unspecified atom stereocenters. The lowest BCUT2D eigenvalue weighted by atomic mass is 10.2. The number of aliphatic imine (C=N–C) groups is 1. The van der Waals surface area contributed by atoms with Crippen molar-refractivity contribution in [2.24, 2.45) is 4.99 Å². The van der Waals surface area contributed by atoms with Crippen molar-refractivity contribution in [1.82, 2.24) is 15.5 Å². The number of nitro groups is 1. The molecular formula is C18H32IN5O2. The van der Waals surface area contributed by atoms with Crippen LogP contribution in [0.25, 0.3) is 0 Å². The van der Waals surface area contributed by atoms with Gasteiger partial charge in [-0.05, 0) is 40.2 Å². The van der Waals surface area contributed by atoms with Crippen LogP contribution in [-0.4, -0.2) is 47.5 Å². The molecule has 0 bridgehead atoms. The molecule has 0 amide bonds. The largest absolute Gasteiger partial charge is 0.357 e. The van der Waals surface area contributed by atoms with Gasteiger partial charge in [-0.1, -0.05) is 12.1 Å². The molecule has 148 valence electrons. The van der Waals surface area contributed by atoms with Gasteiger partial charge in [-0.25, -0.2) is 4.99 Å². The Balaban J connectivity index is 0.00000625. The summed E-state index contributed by atoms with van der Waals surface area (Å²) in [5.74, 6) is 0.724. The minimum atomic E-state index is -0.386. The Kier molecular flexibility index (Phi) is 12.2. The van der Waals surface area contributed by atoms with Crippen molar-refractivity contribution in [3.63, 3.8) is 0 Å². The molecule has 1 aromatic carbocycles. The maximum absolute atomic E-state index is 10.8. The van der Waals surface area contributed by atoms with E-state index in [0.717, 1.165) is 31.2 Å². The molecule has 0 atom stereocenters. The summed E-state index contributed by atoms with van der Waals surface area (Å²) in [7, 11) is 0. The fourth-order valence-electron chi connectivity index (χ4n) is 2.70. The van der Waals surface area contributed by atoms with Crippen LogP contribution >= 0.6 is 24.0 Å². The van der Waals surface area contributed by atoms with Crippen molar-refractivity contribution in [3.05, 3.63) is 39.9 Å². The maximum atomic E-state index is 10.8. The van der Waals surface area contributed by atoms with Gasteiger partial charge in [0.2, 0.25) is 0 Å². The molecule has 0 aromatic heterocycles. The molecule has 1 aromatic rings. The van der Waals surface area contributed by atoms with Crippen molar-refractivity contribution in [2.75, 3.05) is 19.6 Å². The van der Waals surface area contributed by atoms with Crippen molar-refractivity contribution < 1.29 is 4.92 Å². The summed E-state index contributed by atoms with van der Waals surface area (Å²) < 4.78 is 0. The Morgan fingerprint density at radius 1 is 1.23 bits per heavy atom. The van der Waals surface area contributed by atoms with E-state index in [1.54, 1.807) is 12.1 Å². The normalized spacial score (nSPS) is 11.6. The molecule has 7 nitrogen and oxygen atoms in total. The fourth-order valence-corrected chi connectivity index (χ4v) is 2.70. The van der Waals surface area contributed by atoms with E-state index in [1.807, 2.05) is 13.0 Å². The van der Waals surface area contributed by atoms with E-state index in [1.165, 1.54) is 6.07 Å². The average molecular weight is 477 g/mol. The van der Waals surface area contributed by atoms with Gasteiger partial charge >= 0.3 is 0 Å². The van der Waals surface area contributed by atoms with Crippen molar-refractivity contribution in [1.29, 1.82) is 0 Å². The van der Waals surface area contributed by atoms with Crippen LogP contribution in [0, 0.1) is 10.1 Å². The highest BCUT2D eigenvalue weighted by Gasteiger charge is 2.12. The minimum Gasteiger partial charge on any atom is -0.357 e. The summed E-state index contributed by atoms with van der Waals surface area (Å²) in [4.78, 5) is 17.4. The molecule has 0 aliphatic carbocycles. The van der Waals surface area contributed by atoms with Gasteiger partial charge in [-0.3, -0.25) is 15.0 Å². The molecular weight excluding hydrogens is 445 g/mol. The lowest BCUT2D eigenvalue weighted by Crippen LogP contribution is -2.45. The van der Waals surface area contributed by atoms with Gasteiger partial charge in [0.15, 0.2) is 5.96 Å². The van der Waals surface area contributed by atoms with E-state index < -0.39 is 0 Å². The lowest BCUT2D eigenvalue weighted by molar-refractivity contribution is -0.384. The van der Waals surface area contributed by atoms with E-state index >= 15 is 0 Å². The number of halogens is 1. The third-order valence-corrected chi connectivity index (χ3v) is 3.87. The van der Waals surface area contributed by atoms with Crippen LogP contribution in [0.15, 0.2) is 29.3 Å². The van der Waals surface area contributed by atoms with Crippen LogP contribution in [-0.2, 0) is 6.54 Å². The maximum Gasteiger partial charge on any atom is 0.269 e. The monoisotopic (exact) mass is 477 g/mol. The number of nitro benzene ring substituents is 1. The second kappa shape index (κ2) is 12.9. The summed E-state index contributed by atoms with van der Waals surface area (Å²) in [5, 5.41) is 17.4. The fraction of sp³-hybridized carbons (Fsp3) is 0.611. The Labute approximate surface area is 173 Å². The number of hydrogen-bond donors (Lipinski definition) is 2. The smallest absolute Gasteiger partial charge is 0.269 e. The van der Waals surface area contributed by atoms with Gasteiger partial charge < -0.3 is 10.6 Å². The molecule has 0 saturated carbocycles.